The van der Waals surface area contributed by atoms with Gasteiger partial charge in [0.05, 0.1) is 13.7 Å². The molecule has 1 atom stereocenters. The van der Waals surface area contributed by atoms with Crippen LogP contribution in [-0.2, 0) is 0 Å². The maximum Gasteiger partial charge on any atom is 0.247 e. The van der Waals surface area contributed by atoms with Gasteiger partial charge in [0.1, 0.15) is 0 Å². The number of hydrogen-bond donors (Lipinski definition) is 1. The molecule has 2 heterocycles. The summed E-state index contributed by atoms with van der Waals surface area (Å²) in [6.45, 7) is 4.65. The molecule has 8 heteroatoms. The van der Waals surface area contributed by atoms with Crippen molar-refractivity contribution in [2.75, 3.05) is 24.8 Å². The summed E-state index contributed by atoms with van der Waals surface area (Å²) in [6, 6.07) is 13.7. The van der Waals surface area contributed by atoms with Gasteiger partial charge in [0.15, 0.2) is 23.4 Å². The molecule has 0 bridgehead atoms. The van der Waals surface area contributed by atoms with Crippen LogP contribution >= 0.6 is 11.8 Å². The van der Waals surface area contributed by atoms with E-state index in [1.807, 2.05) is 49.4 Å². The second kappa shape index (κ2) is 9.87. The summed E-state index contributed by atoms with van der Waals surface area (Å²) in [6.07, 6.45) is 1.75. The third kappa shape index (κ3) is 4.69. The fourth-order valence-corrected chi connectivity index (χ4v) is 4.15. The molecule has 0 amide bonds. The minimum absolute atomic E-state index is 0.463. The Morgan fingerprint density at radius 3 is 2.77 bits per heavy atom. The highest BCUT2D eigenvalue weighted by Crippen LogP contribution is 2.40. The minimum Gasteiger partial charge on any atom is -0.493 e. The average Bonchev–Trinajstić information content (AvgIpc) is 2.96. The third-order valence-corrected chi connectivity index (χ3v) is 5.78. The lowest BCUT2D eigenvalue weighted by Gasteiger charge is -2.20. The number of thioether (sulfide) groups is 1. The molecule has 0 aliphatic carbocycles. The first kappa shape index (κ1) is 21.2. The lowest BCUT2D eigenvalue weighted by molar-refractivity contribution is 0.224. The highest BCUT2D eigenvalue weighted by Gasteiger charge is 2.26. The van der Waals surface area contributed by atoms with Crippen molar-refractivity contribution in [1.82, 2.24) is 15.2 Å². The van der Waals surface area contributed by atoms with Gasteiger partial charge in [-0.05, 0) is 37.6 Å². The molecule has 0 spiro atoms. The lowest BCUT2D eigenvalue weighted by Crippen LogP contribution is -2.17. The summed E-state index contributed by atoms with van der Waals surface area (Å²) in [7, 11) is 1.63. The van der Waals surface area contributed by atoms with Gasteiger partial charge in [0.2, 0.25) is 11.0 Å². The smallest absolute Gasteiger partial charge is 0.247 e. The first-order chi connectivity index (χ1) is 15.2. The largest absolute Gasteiger partial charge is 0.493 e. The van der Waals surface area contributed by atoms with Gasteiger partial charge < -0.3 is 19.5 Å². The molecule has 0 saturated heterocycles. The lowest BCUT2D eigenvalue weighted by atomic mass is 10.1. The first-order valence-corrected chi connectivity index (χ1v) is 11.4. The van der Waals surface area contributed by atoms with E-state index < -0.39 is 6.23 Å². The van der Waals surface area contributed by atoms with E-state index in [9.17, 15) is 0 Å². The predicted octanol–water partition coefficient (Wildman–Crippen LogP) is 5.34. The molecule has 0 saturated carbocycles. The zero-order valence-corrected chi connectivity index (χ0v) is 18.7. The number of benzene rings is 2. The van der Waals surface area contributed by atoms with Crippen LogP contribution in [0.1, 0.15) is 38.5 Å². The van der Waals surface area contributed by atoms with Crippen LogP contribution < -0.4 is 19.5 Å². The van der Waals surface area contributed by atoms with E-state index in [4.69, 9.17) is 14.2 Å². The summed E-state index contributed by atoms with van der Waals surface area (Å²) in [5, 5.41) is 12.9. The zero-order chi connectivity index (χ0) is 21.6. The Bertz CT molecular complexity index is 1050. The van der Waals surface area contributed by atoms with E-state index in [0.29, 0.717) is 34.8 Å². The molecule has 4 rings (SSSR count). The topological polar surface area (TPSA) is 78.4 Å². The van der Waals surface area contributed by atoms with Crippen LogP contribution in [0.5, 0.6) is 17.4 Å². The van der Waals surface area contributed by atoms with Crippen molar-refractivity contribution >= 4 is 17.4 Å². The van der Waals surface area contributed by atoms with Crippen LogP contribution in [0.3, 0.4) is 0 Å². The number of rotatable bonds is 8. The van der Waals surface area contributed by atoms with Crippen molar-refractivity contribution in [2.24, 2.45) is 0 Å². The molecule has 31 heavy (non-hydrogen) atoms. The fourth-order valence-electron chi connectivity index (χ4n) is 3.29. The molecule has 0 radical (unpaired) electrons. The van der Waals surface area contributed by atoms with Gasteiger partial charge >= 0.3 is 0 Å². The van der Waals surface area contributed by atoms with E-state index in [1.54, 1.807) is 18.9 Å². The standard InChI is InChI=1S/C23H26N4O3S/c1-4-6-13-31-23-25-22-20(26-27-23)16-9-7-8-10-17(16)24-21(30-22)15-11-12-18(28-3)19(14-15)29-5-2/h7-12,14,21,24H,4-6,13H2,1-3H3. The Kier molecular flexibility index (Phi) is 6.76. The maximum atomic E-state index is 6.34. The number of anilines is 1. The molecule has 1 unspecified atom stereocenters. The van der Waals surface area contributed by atoms with Crippen LogP contribution in [0.25, 0.3) is 11.3 Å². The quantitative estimate of drug-likeness (QED) is 0.373. The van der Waals surface area contributed by atoms with Crippen molar-refractivity contribution < 1.29 is 14.2 Å². The number of nitrogens with zero attached hydrogens (tertiary/aromatic N) is 3. The Balaban J connectivity index is 1.73. The average molecular weight is 439 g/mol. The van der Waals surface area contributed by atoms with E-state index in [1.165, 1.54) is 0 Å². The molecule has 3 aromatic rings. The Labute approximate surface area is 186 Å². The van der Waals surface area contributed by atoms with Gasteiger partial charge in [0.25, 0.3) is 0 Å². The van der Waals surface area contributed by atoms with E-state index in [0.717, 1.165) is 35.4 Å². The van der Waals surface area contributed by atoms with Crippen LogP contribution in [0.4, 0.5) is 5.69 Å². The summed E-state index contributed by atoms with van der Waals surface area (Å²) >= 11 is 1.60. The minimum atomic E-state index is -0.474. The Morgan fingerprint density at radius 1 is 1.10 bits per heavy atom. The molecule has 1 aliphatic rings. The van der Waals surface area contributed by atoms with E-state index in [2.05, 4.69) is 27.4 Å². The number of unbranched alkanes of at least 4 members (excludes halogenated alkanes) is 1. The molecule has 2 aromatic carbocycles. The fraction of sp³-hybridized carbons (Fsp3) is 0.348. The molecule has 1 N–H and O–H groups in total. The summed E-state index contributed by atoms with van der Waals surface area (Å²) in [5.41, 5.74) is 3.33. The van der Waals surface area contributed by atoms with Crippen molar-refractivity contribution in [3.05, 3.63) is 48.0 Å². The molecule has 7 nitrogen and oxygen atoms in total. The highest BCUT2D eigenvalue weighted by atomic mass is 32.2. The van der Waals surface area contributed by atoms with Gasteiger partial charge in [-0.25, -0.2) is 0 Å². The van der Waals surface area contributed by atoms with Gasteiger partial charge in [-0.2, -0.15) is 4.98 Å². The monoisotopic (exact) mass is 438 g/mol. The number of methoxy groups -OCH3 is 1. The normalized spacial score (nSPS) is 14.5. The zero-order valence-electron chi connectivity index (χ0n) is 17.9. The Hall–Kier alpha value is -3.00. The molecule has 1 aromatic heterocycles. The van der Waals surface area contributed by atoms with Crippen molar-refractivity contribution in [2.45, 2.75) is 38.1 Å². The molecule has 162 valence electrons. The van der Waals surface area contributed by atoms with Gasteiger partial charge in [-0.15, -0.1) is 10.2 Å². The Morgan fingerprint density at radius 2 is 1.97 bits per heavy atom. The summed E-state index contributed by atoms with van der Waals surface area (Å²) < 4.78 is 17.5. The maximum absolute atomic E-state index is 6.34. The van der Waals surface area contributed by atoms with E-state index in [-0.39, 0.29) is 0 Å². The number of aromatic nitrogens is 3. The van der Waals surface area contributed by atoms with Crippen LogP contribution in [0.2, 0.25) is 0 Å². The van der Waals surface area contributed by atoms with Gasteiger partial charge in [-0.3, -0.25) is 0 Å². The number of nitrogens with one attached hydrogen (secondary N) is 1. The second-order valence-electron chi connectivity index (χ2n) is 6.98. The predicted molar refractivity (Wildman–Crippen MR) is 122 cm³/mol. The highest BCUT2D eigenvalue weighted by molar-refractivity contribution is 7.99. The molecular formula is C23H26N4O3S. The van der Waals surface area contributed by atoms with Crippen LogP contribution in [-0.4, -0.2) is 34.7 Å². The number of ether oxygens (including phenoxy) is 3. The summed E-state index contributed by atoms with van der Waals surface area (Å²) in [4.78, 5) is 4.68. The van der Waals surface area contributed by atoms with Gasteiger partial charge in [0, 0.05) is 22.6 Å². The SMILES string of the molecule is CCCCSc1nnc2c(n1)OC(c1ccc(OC)c(OCC)c1)Nc1ccccc1-2. The number of fused-ring (bicyclic) bond motifs is 3. The molecular weight excluding hydrogens is 412 g/mol. The molecule has 1 aliphatic heterocycles. The van der Waals surface area contributed by atoms with Gasteiger partial charge in [-0.1, -0.05) is 43.3 Å². The molecule has 0 fully saturated rings. The van der Waals surface area contributed by atoms with Crippen LogP contribution in [0.15, 0.2) is 47.6 Å². The first-order valence-electron chi connectivity index (χ1n) is 10.4. The van der Waals surface area contributed by atoms with Crippen molar-refractivity contribution in [1.29, 1.82) is 0 Å². The van der Waals surface area contributed by atoms with E-state index >= 15 is 0 Å². The third-order valence-electron chi connectivity index (χ3n) is 4.85. The number of para-hydroxylation sites is 1. The van der Waals surface area contributed by atoms with Crippen molar-refractivity contribution in [3.8, 4) is 28.6 Å². The van der Waals surface area contributed by atoms with Crippen LogP contribution in [0, 0.1) is 0 Å². The van der Waals surface area contributed by atoms with Crippen molar-refractivity contribution in [3.63, 3.8) is 0 Å². The number of hydrogen-bond acceptors (Lipinski definition) is 8. The second-order valence-corrected chi connectivity index (χ2v) is 8.04. The summed E-state index contributed by atoms with van der Waals surface area (Å²) in [5.74, 6) is 2.76.